The van der Waals surface area contributed by atoms with Crippen LogP contribution in [0.3, 0.4) is 0 Å². The molecule has 56 valence electrons. The van der Waals surface area contributed by atoms with Crippen molar-refractivity contribution in [1.29, 1.82) is 0 Å². The fourth-order valence-corrected chi connectivity index (χ4v) is 2.53. The summed E-state index contributed by atoms with van der Waals surface area (Å²) in [7, 11) is 0. The van der Waals surface area contributed by atoms with E-state index in [9.17, 15) is 0 Å². The summed E-state index contributed by atoms with van der Waals surface area (Å²) in [5, 5.41) is 3.86. The molecule has 0 saturated heterocycles. The molecule has 0 heterocycles. The normalized spacial score (nSPS) is 48.9. The summed E-state index contributed by atoms with van der Waals surface area (Å²) in [6.07, 6.45) is 5.22. The SMILES string of the molecule is C[C@@]12CC[C@@H](C/C1=N\N)C2. The smallest absolute Gasteiger partial charge is 0.0437 e. The van der Waals surface area contributed by atoms with Crippen LogP contribution in [0.4, 0.5) is 0 Å². The summed E-state index contributed by atoms with van der Waals surface area (Å²) >= 11 is 0. The third-order valence-corrected chi connectivity index (χ3v) is 3.18. The molecule has 0 spiro atoms. The van der Waals surface area contributed by atoms with E-state index in [1.54, 1.807) is 0 Å². The van der Waals surface area contributed by atoms with Crippen molar-refractivity contribution in [2.75, 3.05) is 0 Å². The Morgan fingerprint density at radius 2 is 2.50 bits per heavy atom. The summed E-state index contributed by atoms with van der Waals surface area (Å²) in [6, 6.07) is 0. The van der Waals surface area contributed by atoms with E-state index >= 15 is 0 Å². The summed E-state index contributed by atoms with van der Waals surface area (Å²) < 4.78 is 0. The van der Waals surface area contributed by atoms with Crippen molar-refractivity contribution in [2.45, 2.75) is 32.6 Å². The van der Waals surface area contributed by atoms with Gasteiger partial charge in [-0.3, -0.25) is 0 Å². The van der Waals surface area contributed by atoms with Crippen LogP contribution in [0.5, 0.6) is 0 Å². The van der Waals surface area contributed by atoms with Gasteiger partial charge in [0.1, 0.15) is 0 Å². The second-order valence-corrected chi connectivity index (χ2v) is 3.95. The molecule has 10 heavy (non-hydrogen) atoms. The molecule has 2 aliphatic rings. The van der Waals surface area contributed by atoms with Crippen LogP contribution in [0.2, 0.25) is 0 Å². The molecule has 2 atom stereocenters. The lowest BCUT2D eigenvalue weighted by molar-refractivity contribution is 0.497. The molecule has 2 bridgehead atoms. The lowest BCUT2D eigenvalue weighted by Gasteiger charge is -2.21. The Labute approximate surface area is 61.5 Å². The van der Waals surface area contributed by atoms with Crippen molar-refractivity contribution in [3.8, 4) is 0 Å². The van der Waals surface area contributed by atoms with Gasteiger partial charge in [-0.2, -0.15) is 5.10 Å². The molecule has 0 aliphatic heterocycles. The summed E-state index contributed by atoms with van der Waals surface area (Å²) in [5.41, 5.74) is 1.67. The molecule has 2 fully saturated rings. The van der Waals surface area contributed by atoms with E-state index in [4.69, 9.17) is 5.84 Å². The maximum Gasteiger partial charge on any atom is 0.0437 e. The minimum atomic E-state index is 0.402. The number of rotatable bonds is 0. The highest BCUT2D eigenvalue weighted by atomic mass is 15.1. The first-order valence-corrected chi connectivity index (χ1v) is 4.02. The lowest BCUT2D eigenvalue weighted by atomic mass is 9.85. The highest BCUT2D eigenvalue weighted by Crippen LogP contribution is 2.51. The molecule has 2 nitrogen and oxygen atoms in total. The van der Waals surface area contributed by atoms with Crippen molar-refractivity contribution in [3.05, 3.63) is 0 Å². The average molecular weight is 138 g/mol. The zero-order chi connectivity index (χ0) is 7.19. The summed E-state index contributed by atoms with van der Waals surface area (Å²) in [4.78, 5) is 0. The second-order valence-electron chi connectivity index (χ2n) is 3.95. The van der Waals surface area contributed by atoms with E-state index in [2.05, 4.69) is 12.0 Å². The molecule has 0 amide bonds. The Hall–Kier alpha value is -0.530. The first-order chi connectivity index (χ1) is 4.74. The van der Waals surface area contributed by atoms with Gasteiger partial charge < -0.3 is 5.84 Å². The first kappa shape index (κ1) is 6.20. The van der Waals surface area contributed by atoms with Crippen LogP contribution in [0.15, 0.2) is 5.10 Å². The van der Waals surface area contributed by atoms with Crippen molar-refractivity contribution in [1.82, 2.24) is 0 Å². The number of hydrazone groups is 1. The molecule has 2 saturated carbocycles. The Bertz CT molecular complexity index is 186. The topological polar surface area (TPSA) is 38.4 Å². The molecule has 2 aliphatic carbocycles. The molecule has 2 N–H and O–H groups in total. The van der Waals surface area contributed by atoms with Gasteiger partial charge >= 0.3 is 0 Å². The van der Waals surface area contributed by atoms with E-state index in [0.717, 1.165) is 5.92 Å². The molecule has 0 aromatic rings. The number of fused-ring (bicyclic) bond motifs is 2. The predicted molar refractivity (Wildman–Crippen MR) is 41.7 cm³/mol. The largest absolute Gasteiger partial charge is 0.323 e. The van der Waals surface area contributed by atoms with Gasteiger partial charge in [-0.15, -0.1) is 0 Å². The van der Waals surface area contributed by atoms with E-state index in [0.29, 0.717) is 5.41 Å². The molecule has 0 unspecified atom stereocenters. The molecule has 2 rings (SSSR count). The monoisotopic (exact) mass is 138 g/mol. The van der Waals surface area contributed by atoms with Crippen LogP contribution < -0.4 is 5.84 Å². The highest BCUT2D eigenvalue weighted by molar-refractivity contribution is 5.92. The van der Waals surface area contributed by atoms with Gasteiger partial charge in [0.15, 0.2) is 0 Å². The Balaban J connectivity index is 2.30. The third-order valence-electron chi connectivity index (χ3n) is 3.18. The maximum atomic E-state index is 5.29. The summed E-state index contributed by atoms with van der Waals surface area (Å²) in [6.45, 7) is 2.30. The fourth-order valence-electron chi connectivity index (χ4n) is 2.53. The van der Waals surface area contributed by atoms with Crippen molar-refractivity contribution >= 4 is 5.71 Å². The Morgan fingerprint density at radius 1 is 1.70 bits per heavy atom. The standard InChI is InChI=1S/C8H14N2/c1-8-3-2-6(5-8)4-7(8)10-9/h6H,2-5,9H2,1H3/b10-7+/t6-,8-/m0/s1. The maximum absolute atomic E-state index is 5.29. The molecular weight excluding hydrogens is 124 g/mol. The van der Waals surface area contributed by atoms with Gasteiger partial charge in [-0.05, 0) is 31.6 Å². The van der Waals surface area contributed by atoms with E-state index in [-0.39, 0.29) is 0 Å². The van der Waals surface area contributed by atoms with Gasteiger partial charge in [-0.1, -0.05) is 6.92 Å². The number of hydrogen-bond donors (Lipinski definition) is 1. The van der Waals surface area contributed by atoms with Crippen LogP contribution in [0, 0.1) is 11.3 Å². The third kappa shape index (κ3) is 0.619. The van der Waals surface area contributed by atoms with Crippen LogP contribution in [-0.2, 0) is 0 Å². The Morgan fingerprint density at radius 3 is 2.80 bits per heavy atom. The van der Waals surface area contributed by atoms with Gasteiger partial charge in [0.25, 0.3) is 0 Å². The van der Waals surface area contributed by atoms with Gasteiger partial charge in [0, 0.05) is 11.1 Å². The zero-order valence-corrected chi connectivity index (χ0v) is 6.43. The van der Waals surface area contributed by atoms with Crippen LogP contribution in [0.1, 0.15) is 32.6 Å². The van der Waals surface area contributed by atoms with E-state index in [1.165, 1.54) is 31.4 Å². The molecule has 0 aromatic heterocycles. The van der Waals surface area contributed by atoms with Crippen LogP contribution >= 0.6 is 0 Å². The predicted octanol–water partition coefficient (Wildman–Crippen LogP) is 1.51. The molecule has 2 heteroatoms. The minimum absolute atomic E-state index is 0.402. The number of hydrogen-bond acceptors (Lipinski definition) is 2. The second kappa shape index (κ2) is 1.74. The first-order valence-electron chi connectivity index (χ1n) is 4.02. The van der Waals surface area contributed by atoms with E-state index in [1.807, 2.05) is 0 Å². The average Bonchev–Trinajstić information content (AvgIpc) is 2.41. The fraction of sp³-hybridized carbons (Fsp3) is 0.875. The van der Waals surface area contributed by atoms with Gasteiger partial charge in [0.05, 0.1) is 0 Å². The number of nitrogens with two attached hydrogens (primary N) is 1. The lowest BCUT2D eigenvalue weighted by Crippen LogP contribution is -2.22. The van der Waals surface area contributed by atoms with Gasteiger partial charge in [0.2, 0.25) is 0 Å². The van der Waals surface area contributed by atoms with Crippen molar-refractivity contribution in [3.63, 3.8) is 0 Å². The van der Waals surface area contributed by atoms with Crippen LogP contribution in [0.25, 0.3) is 0 Å². The van der Waals surface area contributed by atoms with Crippen molar-refractivity contribution < 1.29 is 0 Å². The zero-order valence-electron chi connectivity index (χ0n) is 6.43. The molecular formula is C8H14N2. The van der Waals surface area contributed by atoms with Crippen LogP contribution in [-0.4, -0.2) is 5.71 Å². The molecule has 0 aromatic carbocycles. The van der Waals surface area contributed by atoms with E-state index < -0.39 is 0 Å². The summed E-state index contributed by atoms with van der Waals surface area (Å²) in [5.74, 6) is 6.20. The quantitative estimate of drug-likeness (QED) is 0.400. The molecule has 0 radical (unpaired) electrons. The minimum Gasteiger partial charge on any atom is -0.323 e. The van der Waals surface area contributed by atoms with Crippen molar-refractivity contribution in [2.24, 2.45) is 22.3 Å². The number of nitrogens with zero attached hydrogens (tertiary/aromatic N) is 1. The van der Waals surface area contributed by atoms with Gasteiger partial charge in [-0.25, -0.2) is 0 Å². The Kier molecular flexibility index (Phi) is 1.08. The highest BCUT2D eigenvalue weighted by Gasteiger charge is 2.46.